The van der Waals surface area contributed by atoms with Crippen molar-refractivity contribution in [3.63, 3.8) is 0 Å². The number of aromatic nitrogens is 3. The van der Waals surface area contributed by atoms with Crippen LogP contribution in [-0.4, -0.2) is 32.9 Å². The molecule has 0 saturated heterocycles. The maximum atomic E-state index is 13.6. The third-order valence-corrected chi connectivity index (χ3v) is 7.72. The van der Waals surface area contributed by atoms with Crippen LogP contribution in [0.3, 0.4) is 0 Å². The lowest BCUT2D eigenvalue weighted by molar-refractivity contribution is -0.113. The molecular weight excluding hydrogens is 535 g/mol. The van der Waals surface area contributed by atoms with Gasteiger partial charge in [-0.15, -0.1) is 0 Å². The monoisotopic (exact) mass is 554 g/mol. The van der Waals surface area contributed by atoms with Crippen LogP contribution in [0.5, 0.6) is 5.75 Å². The van der Waals surface area contributed by atoms with Crippen LogP contribution in [0.15, 0.2) is 81.3 Å². The molecule has 3 aromatic heterocycles. The fourth-order valence-corrected chi connectivity index (χ4v) is 5.72. The van der Waals surface area contributed by atoms with Crippen molar-refractivity contribution in [3.05, 3.63) is 92.8 Å². The predicted octanol–water partition coefficient (Wildman–Crippen LogP) is 5.50. The van der Waals surface area contributed by atoms with E-state index in [4.69, 9.17) is 26.4 Å². The number of fused-ring (bicyclic) bond motifs is 1. The number of rotatable bonds is 8. The highest BCUT2D eigenvalue weighted by atomic mass is 32.2. The molecule has 188 valence electrons. The molecule has 0 bridgehead atoms. The van der Waals surface area contributed by atoms with Gasteiger partial charge in [0.1, 0.15) is 22.0 Å². The third-order valence-electron chi connectivity index (χ3n) is 5.35. The number of para-hydroxylation sites is 2. The Bertz CT molecular complexity index is 1690. The van der Waals surface area contributed by atoms with E-state index in [0.717, 1.165) is 23.1 Å². The molecule has 1 amide bonds. The molecule has 3 heterocycles. The van der Waals surface area contributed by atoms with Crippen LogP contribution in [0, 0.1) is 9.77 Å². The first-order chi connectivity index (χ1) is 17.9. The van der Waals surface area contributed by atoms with E-state index in [1.807, 2.05) is 6.07 Å². The molecule has 5 aromatic rings. The van der Waals surface area contributed by atoms with Gasteiger partial charge in [-0.1, -0.05) is 35.2 Å². The van der Waals surface area contributed by atoms with Crippen LogP contribution in [0.1, 0.15) is 5.76 Å². The largest absolute Gasteiger partial charge is 0.495 e. The van der Waals surface area contributed by atoms with E-state index in [-0.39, 0.29) is 22.4 Å². The summed E-state index contributed by atoms with van der Waals surface area (Å²) >= 11 is 7.75. The summed E-state index contributed by atoms with van der Waals surface area (Å²) in [4.78, 5) is 31.2. The second-order valence-electron chi connectivity index (χ2n) is 7.73. The van der Waals surface area contributed by atoms with Crippen molar-refractivity contribution in [3.8, 4) is 11.4 Å². The third kappa shape index (κ3) is 5.22. The first-order valence-corrected chi connectivity index (χ1v) is 13.2. The first kappa shape index (κ1) is 24.9. The Hall–Kier alpha value is -3.74. The number of ether oxygens (including phenoxy) is 1. The predicted molar refractivity (Wildman–Crippen MR) is 144 cm³/mol. The van der Waals surface area contributed by atoms with Gasteiger partial charge in [0.25, 0.3) is 5.56 Å². The van der Waals surface area contributed by atoms with Crippen molar-refractivity contribution in [2.45, 2.75) is 11.7 Å². The van der Waals surface area contributed by atoms with Crippen molar-refractivity contribution in [2.24, 2.45) is 0 Å². The summed E-state index contributed by atoms with van der Waals surface area (Å²) in [5, 5.41) is 3.08. The smallest absolute Gasteiger partial charge is 0.278 e. The maximum absolute atomic E-state index is 13.6. The van der Waals surface area contributed by atoms with Crippen LogP contribution >= 0.6 is 35.3 Å². The molecule has 0 spiro atoms. The molecule has 0 aliphatic carbocycles. The SMILES string of the molecule is COc1ccccc1NC(=O)CSc1nc2c(sc(=S)n2Cc2ccco2)c(=O)n1-c1ccc(F)cc1. The molecule has 12 heteroatoms. The summed E-state index contributed by atoms with van der Waals surface area (Å²) in [5.74, 6) is 0.397. The minimum absolute atomic E-state index is 0.0414. The standard InChI is InChI=1S/C25H19FN4O4S3/c1-33-19-7-3-2-6-18(19)27-20(31)14-36-24-28-22-21(23(32)30(24)16-10-8-15(26)9-11-16)37-25(35)29(22)13-17-5-4-12-34-17/h2-12H,13-14H2,1H3,(H,27,31). The summed E-state index contributed by atoms with van der Waals surface area (Å²) in [6, 6.07) is 16.1. The summed E-state index contributed by atoms with van der Waals surface area (Å²) in [6.07, 6.45) is 1.56. The van der Waals surface area contributed by atoms with Crippen molar-refractivity contribution in [2.75, 3.05) is 18.2 Å². The minimum atomic E-state index is -0.434. The lowest BCUT2D eigenvalue weighted by Crippen LogP contribution is -2.23. The molecule has 2 aromatic carbocycles. The molecule has 8 nitrogen and oxygen atoms in total. The Balaban J connectivity index is 1.54. The number of halogens is 1. The summed E-state index contributed by atoms with van der Waals surface area (Å²) in [7, 11) is 1.52. The number of hydrogen-bond acceptors (Lipinski definition) is 8. The zero-order chi connectivity index (χ0) is 25.9. The maximum Gasteiger partial charge on any atom is 0.278 e. The second-order valence-corrected chi connectivity index (χ2v) is 10.3. The number of carbonyl (C=O) groups is 1. The highest BCUT2D eigenvalue weighted by Crippen LogP contribution is 2.27. The molecule has 0 atom stereocenters. The lowest BCUT2D eigenvalue weighted by atomic mass is 10.3. The van der Waals surface area contributed by atoms with Gasteiger partial charge >= 0.3 is 0 Å². The average molecular weight is 555 g/mol. The van der Waals surface area contributed by atoms with Crippen LogP contribution in [0.25, 0.3) is 16.0 Å². The molecule has 0 aliphatic heterocycles. The Kier molecular flexibility index (Phi) is 7.22. The zero-order valence-electron chi connectivity index (χ0n) is 19.3. The molecule has 0 fully saturated rings. The Morgan fingerprint density at radius 2 is 1.97 bits per heavy atom. The van der Waals surface area contributed by atoms with E-state index >= 15 is 0 Å². The number of thioether (sulfide) groups is 1. The topological polar surface area (TPSA) is 91.3 Å². The molecule has 0 radical (unpaired) electrons. The van der Waals surface area contributed by atoms with Crippen molar-refractivity contribution >= 4 is 57.3 Å². The average Bonchev–Trinajstić information content (AvgIpc) is 3.52. The molecule has 5 rings (SSSR count). The first-order valence-electron chi connectivity index (χ1n) is 10.9. The van der Waals surface area contributed by atoms with Gasteiger partial charge < -0.3 is 14.5 Å². The van der Waals surface area contributed by atoms with E-state index < -0.39 is 5.82 Å². The number of carbonyl (C=O) groups excluding carboxylic acids is 1. The van der Waals surface area contributed by atoms with Crippen LogP contribution < -0.4 is 15.6 Å². The highest BCUT2D eigenvalue weighted by molar-refractivity contribution is 7.99. The Morgan fingerprint density at radius 3 is 2.70 bits per heavy atom. The number of benzene rings is 2. The molecule has 0 aliphatic rings. The van der Waals surface area contributed by atoms with Gasteiger partial charge in [-0.25, -0.2) is 9.37 Å². The number of hydrogen-bond donors (Lipinski definition) is 1. The number of amides is 1. The van der Waals surface area contributed by atoms with Crippen LogP contribution in [-0.2, 0) is 11.3 Å². The zero-order valence-corrected chi connectivity index (χ0v) is 21.8. The molecule has 37 heavy (non-hydrogen) atoms. The van der Waals surface area contributed by atoms with Gasteiger partial charge in [0, 0.05) is 0 Å². The highest BCUT2D eigenvalue weighted by Gasteiger charge is 2.20. The van der Waals surface area contributed by atoms with Gasteiger partial charge in [0.2, 0.25) is 5.91 Å². The summed E-state index contributed by atoms with van der Waals surface area (Å²) < 4.78 is 28.3. The van der Waals surface area contributed by atoms with Gasteiger partial charge in [0.05, 0.1) is 37.0 Å². The fourth-order valence-electron chi connectivity index (χ4n) is 3.65. The van der Waals surface area contributed by atoms with Crippen LogP contribution in [0.2, 0.25) is 0 Å². The number of nitrogens with zero attached hydrogens (tertiary/aromatic N) is 3. The van der Waals surface area contributed by atoms with Gasteiger partial charge in [0.15, 0.2) is 14.8 Å². The Labute approximate surface area is 223 Å². The van der Waals surface area contributed by atoms with E-state index in [2.05, 4.69) is 5.32 Å². The van der Waals surface area contributed by atoms with E-state index in [0.29, 0.717) is 43.7 Å². The number of methoxy groups -OCH3 is 1. The quantitative estimate of drug-likeness (QED) is 0.154. The number of nitrogens with one attached hydrogen (secondary N) is 1. The van der Waals surface area contributed by atoms with Crippen LogP contribution in [0.4, 0.5) is 10.1 Å². The lowest BCUT2D eigenvalue weighted by Gasteiger charge is -2.13. The molecular formula is C25H19FN4O4S3. The summed E-state index contributed by atoms with van der Waals surface area (Å²) in [6.45, 7) is 0.303. The molecule has 0 saturated carbocycles. The van der Waals surface area contributed by atoms with E-state index in [9.17, 15) is 14.0 Å². The van der Waals surface area contributed by atoms with E-state index in [1.54, 1.807) is 41.2 Å². The number of thiazole rings is 1. The fraction of sp³-hybridized carbons (Fsp3) is 0.120. The van der Waals surface area contributed by atoms with Gasteiger partial charge in [-0.2, -0.15) is 0 Å². The summed E-state index contributed by atoms with van der Waals surface area (Å²) in [5.41, 5.74) is 0.978. The van der Waals surface area contributed by atoms with Gasteiger partial charge in [-0.3, -0.25) is 18.7 Å². The minimum Gasteiger partial charge on any atom is -0.495 e. The van der Waals surface area contributed by atoms with Crippen molar-refractivity contribution in [1.29, 1.82) is 0 Å². The normalized spacial score (nSPS) is 11.1. The van der Waals surface area contributed by atoms with Crippen molar-refractivity contribution < 1.29 is 18.3 Å². The van der Waals surface area contributed by atoms with Crippen molar-refractivity contribution in [1.82, 2.24) is 14.1 Å². The Morgan fingerprint density at radius 1 is 1.19 bits per heavy atom. The second kappa shape index (κ2) is 10.7. The molecule has 0 unspecified atom stereocenters. The molecule has 1 N–H and O–H groups in total. The van der Waals surface area contributed by atoms with Gasteiger partial charge in [-0.05, 0) is 60.7 Å². The number of furan rings is 1. The van der Waals surface area contributed by atoms with E-state index in [1.165, 1.54) is 35.9 Å². The number of anilines is 1.